The normalized spacial score (nSPS) is 11.5. The quantitative estimate of drug-likeness (QED) is 0.830. The molecule has 0 saturated carbocycles. The van der Waals surface area contributed by atoms with Gasteiger partial charge in [-0.15, -0.1) is 0 Å². The number of carbonyl (C=O) groups excluding carboxylic acids is 2. The highest BCUT2D eigenvalue weighted by molar-refractivity contribution is 5.85. The van der Waals surface area contributed by atoms with Gasteiger partial charge >= 0.3 is 0 Å². The molecule has 0 aromatic heterocycles. The molecule has 2 rings (SSSR count). The first kappa shape index (κ1) is 17.5. The average molecular weight is 326 g/mol. The Morgan fingerprint density at radius 3 is 2.21 bits per heavy atom. The molecule has 126 valence electrons. The molecule has 0 heterocycles. The van der Waals surface area contributed by atoms with E-state index in [0.29, 0.717) is 5.75 Å². The molecule has 0 aliphatic carbocycles. The van der Waals surface area contributed by atoms with E-state index in [4.69, 9.17) is 4.74 Å². The fraction of sp³-hybridized carbons (Fsp3) is 0.263. The second kappa shape index (κ2) is 8.15. The summed E-state index contributed by atoms with van der Waals surface area (Å²) in [6.45, 7) is 5.49. The van der Waals surface area contributed by atoms with Gasteiger partial charge < -0.3 is 4.74 Å². The lowest BCUT2D eigenvalue weighted by Crippen LogP contribution is -2.47. The van der Waals surface area contributed by atoms with Crippen molar-refractivity contribution >= 4 is 11.8 Å². The summed E-state index contributed by atoms with van der Waals surface area (Å²) in [5.74, 6) is 0.00338. The SMILES string of the molecule is Cc1cccc(C)c1OC(C)C(=O)NNC(=O)Cc1ccccc1. The summed E-state index contributed by atoms with van der Waals surface area (Å²) in [5.41, 5.74) is 7.61. The Morgan fingerprint density at radius 1 is 0.958 bits per heavy atom. The van der Waals surface area contributed by atoms with Gasteiger partial charge in [-0.1, -0.05) is 48.5 Å². The summed E-state index contributed by atoms with van der Waals surface area (Å²) in [5, 5.41) is 0. The smallest absolute Gasteiger partial charge is 0.279 e. The number of carbonyl (C=O) groups is 2. The molecule has 24 heavy (non-hydrogen) atoms. The number of hydrazine groups is 1. The molecule has 1 unspecified atom stereocenters. The molecule has 5 nitrogen and oxygen atoms in total. The van der Waals surface area contributed by atoms with E-state index >= 15 is 0 Å². The number of ether oxygens (including phenoxy) is 1. The van der Waals surface area contributed by atoms with Crippen LogP contribution in [-0.2, 0) is 16.0 Å². The maximum absolute atomic E-state index is 12.1. The Morgan fingerprint density at radius 2 is 1.58 bits per heavy atom. The van der Waals surface area contributed by atoms with Crippen molar-refractivity contribution in [2.24, 2.45) is 0 Å². The zero-order valence-corrected chi connectivity index (χ0v) is 14.1. The number of amides is 2. The lowest BCUT2D eigenvalue weighted by molar-refractivity contribution is -0.132. The van der Waals surface area contributed by atoms with Crippen LogP contribution in [0.1, 0.15) is 23.6 Å². The van der Waals surface area contributed by atoms with Crippen LogP contribution < -0.4 is 15.6 Å². The Hall–Kier alpha value is -2.82. The average Bonchev–Trinajstić information content (AvgIpc) is 2.57. The van der Waals surface area contributed by atoms with E-state index in [1.165, 1.54) is 0 Å². The summed E-state index contributed by atoms with van der Waals surface area (Å²) in [7, 11) is 0. The lowest BCUT2D eigenvalue weighted by Gasteiger charge is -2.18. The highest BCUT2D eigenvalue weighted by Gasteiger charge is 2.17. The molecule has 0 aliphatic heterocycles. The van der Waals surface area contributed by atoms with Crippen LogP contribution in [0.25, 0.3) is 0 Å². The third kappa shape index (κ3) is 4.84. The summed E-state index contributed by atoms with van der Waals surface area (Å²) < 4.78 is 5.72. The van der Waals surface area contributed by atoms with Crippen molar-refractivity contribution in [2.45, 2.75) is 33.3 Å². The van der Waals surface area contributed by atoms with Gasteiger partial charge in [-0.05, 0) is 37.5 Å². The minimum absolute atomic E-state index is 0.202. The van der Waals surface area contributed by atoms with Crippen LogP contribution in [-0.4, -0.2) is 17.9 Å². The van der Waals surface area contributed by atoms with Gasteiger partial charge in [0, 0.05) is 0 Å². The number of nitrogens with one attached hydrogen (secondary N) is 2. The van der Waals surface area contributed by atoms with Crippen molar-refractivity contribution in [3.05, 3.63) is 65.2 Å². The summed E-state index contributed by atoms with van der Waals surface area (Å²) in [6.07, 6.45) is -0.519. The Bertz CT molecular complexity index is 694. The van der Waals surface area contributed by atoms with Crippen LogP contribution in [0.4, 0.5) is 0 Å². The molecule has 2 aromatic carbocycles. The van der Waals surface area contributed by atoms with Crippen LogP contribution in [0.2, 0.25) is 0 Å². The van der Waals surface area contributed by atoms with Gasteiger partial charge in [0.2, 0.25) is 5.91 Å². The molecule has 0 fully saturated rings. The van der Waals surface area contributed by atoms with Crippen LogP contribution in [0.15, 0.2) is 48.5 Å². The predicted octanol–water partition coefficient (Wildman–Crippen LogP) is 2.46. The number of hydrogen-bond acceptors (Lipinski definition) is 3. The molecule has 0 saturated heterocycles. The molecule has 2 N–H and O–H groups in total. The Labute approximate surface area is 142 Å². The highest BCUT2D eigenvalue weighted by Crippen LogP contribution is 2.23. The van der Waals surface area contributed by atoms with E-state index < -0.39 is 12.0 Å². The Kier molecular flexibility index (Phi) is 5.95. The van der Waals surface area contributed by atoms with E-state index in [1.54, 1.807) is 6.92 Å². The van der Waals surface area contributed by atoms with E-state index in [9.17, 15) is 9.59 Å². The number of para-hydroxylation sites is 1. The van der Waals surface area contributed by atoms with E-state index in [2.05, 4.69) is 10.9 Å². The molecule has 5 heteroatoms. The first-order chi connectivity index (χ1) is 11.5. The first-order valence-electron chi connectivity index (χ1n) is 7.83. The molecular weight excluding hydrogens is 304 g/mol. The summed E-state index contributed by atoms with van der Waals surface area (Å²) >= 11 is 0. The van der Waals surface area contributed by atoms with Gasteiger partial charge in [-0.3, -0.25) is 20.4 Å². The zero-order valence-electron chi connectivity index (χ0n) is 14.1. The van der Waals surface area contributed by atoms with Crippen molar-refractivity contribution in [1.82, 2.24) is 10.9 Å². The van der Waals surface area contributed by atoms with Gasteiger partial charge in [0.1, 0.15) is 5.75 Å². The fourth-order valence-corrected chi connectivity index (χ4v) is 2.27. The molecule has 0 radical (unpaired) electrons. The summed E-state index contributed by atoms with van der Waals surface area (Å²) in [4.78, 5) is 23.9. The van der Waals surface area contributed by atoms with Gasteiger partial charge in [-0.2, -0.15) is 0 Å². The van der Waals surface area contributed by atoms with Crippen LogP contribution in [0, 0.1) is 13.8 Å². The first-order valence-corrected chi connectivity index (χ1v) is 7.83. The molecular formula is C19H22N2O3. The van der Waals surface area contributed by atoms with Crippen molar-refractivity contribution in [2.75, 3.05) is 0 Å². The number of hydrogen-bond donors (Lipinski definition) is 2. The fourth-order valence-electron chi connectivity index (χ4n) is 2.27. The molecule has 2 aromatic rings. The highest BCUT2D eigenvalue weighted by atomic mass is 16.5. The van der Waals surface area contributed by atoms with Gasteiger partial charge in [-0.25, -0.2) is 0 Å². The van der Waals surface area contributed by atoms with Crippen LogP contribution >= 0.6 is 0 Å². The third-order valence-corrected chi connectivity index (χ3v) is 3.61. The zero-order chi connectivity index (χ0) is 17.5. The maximum atomic E-state index is 12.1. The maximum Gasteiger partial charge on any atom is 0.279 e. The molecule has 0 bridgehead atoms. The minimum Gasteiger partial charge on any atom is -0.480 e. The monoisotopic (exact) mass is 326 g/mol. The molecule has 2 amide bonds. The largest absolute Gasteiger partial charge is 0.480 e. The number of aryl methyl sites for hydroxylation is 2. The molecule has 0 aliphatic rings. The predicted molar refractivity (Wildman–Crippen MR) is 92.4 cm³/mol. The second-order valence-corrected chi connectivity index (χ2v) is 5.68. The van der Waals surface area contributed by atoms with Gasteiger partial charge in [0.15, 0.2) is 6.10 Å². The van der Waals surface area contributed by atoms with Gasteiger partial charge in [0.25, 0.3) is 5.91 Å². The van der Waals surface area contributed by atoms with Crippen LogP contribution in [0.3, 0.4) is 0 Å². The van der Waals surface area contributed by atoms with Crippen molar-refractivity contribution in [3.63, 3.8) is 0 Å². The number of rotatable bonds is 5. The van der Waals surface area contributed by atoms with Crippen molar-refractivity contribution in [1.29, 1.82) is 0 Å². The summed E-state index contributed by atoms with van der Waals surface area (Å²) in [6, 6.07) is 15.1. The van der Waals surface area contributed by atoms with E-state index in [-0.39, 0.29) is 12.3 Å². The van der Waals surface area contributed by atoms with E-state index in [1.807, 2.05) is 62.4 Å². The topological polar surface area (TPSA) is 67.4 Å². The molecule has 0 spiro atoms. The standard InChI is InChI=1S/C19H22N2O3/c1-13-8-7-9-14(2)18(13)24-15(3)19(23)21-20-17(22)12-16-10-5-4-6-11-16/h4-11,15H,12H2,1-3H3,(H,20,22)(H,21,23). The van der Waals surface area contributed by atoms with E-state index in [0.717, 1.165) is 16.7 Å². The minimum atomic E-state index is -0.721. The third-order valence-electron chi connectivity index (χ3n) is 3.61. The second-order valence-electron chi connectivity index (χ2n) is 5.68. The lowest BCUT2D eigenvalue weighted by atomic mass is 10.1. The van der Waals surface area contributed by atoms with Crippen LogP contribution in [0.5, 0.6) is 5.75 Å². The van der Waals surface area contributed by atoms with Crippen molar-refractivity contribution in [3.8, 4) is 5.75 Å². The molecule has 1 atom stereocenters. The number of benzene rings is 2. The van der Waals surface area contributed by atoms with Crippen molar-refractivity contribution < 1.29 is 14.3 Å². The van der Waals surface area contributed by atoms with Gasteiger partial charge in [0.05, 0.1) is 6.42 Å². The Balaban J connectivity index is 1.84.